The number of aliphatic hydroxyl groups excluding tert-OH is 11. The molecule has 3 aliphatic heterocycles. The molecule has 18 nitrogen and oxygen atoms in total. The number of carbonyl (C=O) groups excluding carboxylic acids is 1. The quantitative estimate of drug-likeness (QED) is 0.0877. The van der Waals surface area contributed by atoms with Crippen LogP contribution in [0.5, 0.6) is 0 Å². The molecule has 0 amide bonds. The van der Waals surface area contributed by atoms with E-state index in [-0.39, 0.29) is 34.0 Å². The molecular weight excluding hydrogens is 865 g/mol. The zero-order valence-electron chi connectivity index (χ0n) is 39.7. The maximum atomic E-state index is 14.7. The Morgan fingerprint density at radius 2 is 1.24 bits per heavy atom. The highest BCUT2D eigenvalue weighted by Crippen LogP contribution is 2.76. The Hall–Kier alpha value is -1.43. The minimum atomic E-state index is -1.73. The standard InChI is InChI=1S/C48H78O18/c1-21-29(52)32(55)35(58)39(61-21)64-37-34(57)31(54)26(20-50)63-41(37)65-38-24(51)18-45(6)27(44(38,4)5)11-12-47(8)28(45)10-9-22-23-17-43(2,3)13-15-48(23,16-14-46(22,47)7)42(60)66-40-36(59)33(56)30(53)25(19-49)62-40/h9,21,23-41,49-59H,10-20H2,1-8H3/t21-,23-,24-,25+,26+,27-,28+,29-,30+,31+,32+,33-,34-,35+,36+,37+,38-,39-,40-,41-,45-,46+,47+,48-/m0/s1. The van der Waals surface area contributed by atoms with Crippen LogP contribution in [0.1, 0.15) is 113 Å². The molecule has 0 spiro atoms. The van der Waals surface area contributed by atoms with Gasteiger partial charge in [0.05, 0.1) is 36.9 Å². The van der Waals surface area contributed by atoms with Gasteiger partial charge >= 0.3 is 5.97 Å². The summed E-state index contributed by atoms with van der Waals surface area (Å²) in [5.41, 5.74) is -1.54. The van der Waals surface area contributed by atoms with Crippen molar-refractivity contribution in [2.75, 3.05) is 13.2 Å². The number of esters is 1. The van der Waals surface area contributed by atoms with Crippen LogP contribution in [0.25, 0.3) is 0 Å². The molecule has 0 aromatic heterocycles. The number of allylic oxidation sites excluding steroid dienone is 2. The van der Waals surface area contributed by atoms with Gasteiger partial charge in [-0.3, -0.25) is 4.79 Å². The SMILES string of the molecule is C[C@@H]1O[C@@H](O[C@H]2[C@H](O[C@H]3[C@@H](O)C[C@]4(C)[C@H]5CC=C6[C@@H]7CC(C)(C)CC[C@]7(C(=O)O[C@@H]7O[C@H](CO)[C@@H](O)[C@H](O)[C@H]7O)CC[C@@]6(C)[C@]5(C)CC[C@H]4C3(C)C)O[C@H](CO)[C@@H](O)[C@@H]2O)[C@H](O)[C@H](O)[C@H]1O. The smallest absolute Gasteiger partial charge is 0.315 e. The third-order valence-corrected chi connectivity index (χ3v) is 19.2. The Kier molecular flexibility index (Phi) is 13.7. The maximum Gasteiger partial charge on any atom is 0.315 e. The predicted octanol–water partition coefficient (Wildman–Crippen LogP) is 0.139. The molecule has 7 fully saturated rings. The van der Waals surface area contributed by atoms with Crippen molar-refractivity contribution in [1.29, 1.82) is 0 Å². The van der Waals surface area contributed by atoms with E-state index in [9.17, 15) is 61.0 Å². The maximum absolute atomic E-state index is 14.7. The summed E-state index contributed by atoms with van der Waals surface area (Å²) in [6.45, 7) is 15.7. The zero-order valence-corrected chi connectivity index (χ0v) is 39.7. The fourth-order valence-corrected chi connectivity index (χ4v) is 15.1. The number of fused-ring (bicyclic) bond motifs is 7. The van der Waals surface area contributed by atoms with E-state index in [1.165, 1.54) is 12.5 Å². The average molecular weight is 943 g/mol. The van der Waals surface area contributed by atoms with Crippen LogP contribution in [-0.2, 0) is 33.2 Å². The normalized spacial score (nSPS) is 54.4. The molecule has 0 unspecified atom stereocenters. The van der Waals surface area contributed by atoms with E-state index in [2.05, 4.69) is 54.5 Å². The molecule has 24 atom stereocenters. The first kappa shape index (κ1) is 50.9. The third kappa shape index (κ3) is 7.78. The molecule has 4 saturated carbocycles. The fraction of sp³-hybridized carbons (Fsp3) is 0.938. The van der Waals surface area contributed by atoms with E-state index < -0.39 is 140 Å². The number of carbonyl (C=O) groups is 1. The van der Waals surface area contributed by atoms with Crippen LogP contribution >= 0.6 is 0 Å². The van der Waals surface area contributed by atoms with Crippen molar-refractivity contribution in [1.82, 2.24) is 0 Å². The van der Waals surface area contributed by atoms with Crippen LogP contribution < -0.4 is 0 Å². The lowest BCUT2D eigenvalue weighted by Gasteiger charge is -2.71. The van der Waals surface area contributed by atoms with Gasteiger partial charge in [-0.2, -0.15) is 0 Å². The van der Waals surface area contributed by atoms with Crippen LogP contribution in [0.4, 0.5) is 0 Å². The Morgan fingerprint density at radius 1 is 0.652 bits per heavy atom. The summed E-state index contributed by atoms with van der Waals surface area (Å²) in [5, 5.41) is 118. The van der Waals surface area contributed by atoms with Crippen LogP contribution in [0.3, 0.4) is 0 Å². The van der Waals surface area contributed by atoms with Gasteiger partial charge in [-0.05, 0) is 110 Å². The van der Waals surface area contributed by atoms with E-state index in [4.69, 9.17) is 28.4 Å². The van der Waals surface area contributed by atoms with Crippen molar-refractivity contribution in [2.24, 2.45) is 50.2 Å². The van der Waals surface area contributed by atoms with Crippen molar-refractivity contribution in [3.8, 4) is 0 Å². The number of rotatable bonds is 8. The Morgan fingerprint density at radius 3 is 1.89 bits per heavy atom. The van der Waals surface area contributed by atoms with Crippen LogP contribution in [0, 0.1) is 50.2 Å². The van der Waals surface area contributed by atoms with Gasteiger partial charge in [0.2, 0.25) is 6.29 Å². The van der Waals surface area contributed by atoms with Gasteiger partial charge in [-0.15, -0.1) is 0 Å². The molecule has 3 saturated heterocycles. The minimum Gasteiger partial charge on any atom is -0.432 e. The molecule has 18 heteroatoms. The summed E-state index contributed by atoms with van der Waals surface area (Å²) in [6, 6.07) is 0. The Balaban J connectivity index is 1.06. The highest BCUT2D eigenvalue weighted by Gasteiger charge is 2.71. The minimum absolute atomic E-state index is 0.00734. The van der Waals surface area contributed by atoms with Gasteiger partial charge in [0.25, 0.3) is 0 Å². The van der Waals surface area contributed by atoms with Gasteiger partial charge in [0.1, 0.15) is 67.1 Å². The molecule has 0 aromatic carbocycles. The van der Waals surface area contributed by atoms with Crippen LogP contribution in [0.15, 0.2) is 11.6 Å². The van der Waals surface area contributed by atoms with Crippen molar-refractivity contribution < 1.29 is 89.4 Å². The molecule has 8 aliphatic rings. The second-order valence-corrected chi connectivity index (χ2v) is 23.6. The summed E-state index contributed by atoms with van der Waals surface area (Å²) in [7, 11) is 0. The lowest BCUT2D eigenvalue weighted by Crippen LogP contribution is -2.69. The van der Waals surface area contributed by atoms with E-state index in [0.29, 0.717) is 32.1 Å². The second kappa shape index (κ2) is 17.7. The highest BCUT2D eigenvalue weighted by atomic mass is 16.8. The lowest BCUT2D eigenvalue weighted by molar-refractivity contribution is -0.381. The molecule has 0 bridgehead atoms. The number of aliphatic hydroxyl groups is 11. The Bertz CT molecular complexity index is 1810. The average Bonchev–Trinajstić information content (AvgIpc) is 3.25. The molecular formula is C48H78O18. The van der Waals surface area contributed by atoms with Gasteiger partial charge in [0.15, 0.2) is 12.6 Å². The van der Waals surface area contributed by atoms with Gasteiger partial charge in [-0.1, -0.05) is 60.1 Å². The summed E-state index contributed by atoms with van der Waals surface area (Å²) >= 11 is 0. The van der Waals surface area contributed by atoms with Crippen LogP contribution in [-0.4, -0.2) is 180 Å². The molecule has 8 rings (SSSR count). The molecule has 0 radical (unpaired) electrons. The van der Waals surface area contributed by atoms with Gasteiger partial charge < -0.3 is 84.6 Å². The molecule has 11 N–H and O–H groups in total. The zero-order chi connectivity index (χ0) is 48.4. The first-order chi connectivity index (χ1) is 30.7. The Labute approximate surface area is 387 Å². The first-order valence-electron chi connectivity index (χ1n) is 24.3. The van der Waals surface area contributed by atoms with Crippen LogP contribution in [0.2, 0.25) is 0 Å². The first-order valence-corrected chi connectivity index (χ1v) is 24.3. The van der Waals surface area contributed by atoms with E-state index in [1.807, 2.05) is 0 Å². The molecule has 66 heavy (non-hydrogen) atoms. The van der Waals surface area contributed by atoms with Crippen molar-refractivity contribution in [3.05, 3.63) is 11.6 Å². The summed E-state index contributed by atoms with van der Waals surface area (Å²) in [4.78, 5) is 14.7. The van der Waals surface area contributed by atoms with E-state index in [1.54, 1.807) is 0 Å². The number of hydrogen-bond acceptors (Lipinski definition) is 18. The molecule has 5 aliphatic carbocycles. The van der Waals surface area contributed by atoms with Gasteiger partial charge in [-0.25, -0.2) is 0 Å². The third-order valence-electron chi connectivity index (χ3n) is 19.2. The van der Waals surface area contributed by atoms with Crippen molar-refractivity contribution in [3.63, 3.8) is 0 Å². The molecule has 0 aromatic rings. The topological polar surface area (TPSA) is 295 Å². The number of hydrogen-bond donors (Lipinski definition) is 11. The summed E-state index contributed by atoms with van der Waals surface area (Å²) < 4.78 is 36.1. The fourth-order valence-electron chi connectivity index (χ4n) is 15.1. The predicted molar refractivity (Wildman–Crippen MR) is 230 cm³/mol. The summed E-state index contributed by atoms with van der Waals surface area (Å²) in [6.07, 6.45) is -16.3. The van der Waals surface area contributed by atoms with E-state index in [0.717, 1.165) is 25.7 Å². The summed E-state index contributed by atoms with van der Waals surface area (Å²) in [5.74, 6) is -0.598. The molecule has 3 heterocycles. The highest BCUT2D eigenvalue weighted by molar-refractivity contribution is 5.79. The van der Waals surface area contributed by atoms with E-state index >= 15 is 0 Å². The van der Waals surface area contributed by atoms with Gasteiger partial charge in [0, 0.05) is 0 Å². The van der Waals surface area contributed by atoms with Crippen molar-refractivity contribution >= 4 is 5.97 Å². The number of ether oxygens (including phenoxy) is 6. The monoisotopic (exact) mass is 943 g/mol. The largest absolute Gasteiger partial charge is 0.432 e. The lowest BCUT2D eigenvalue weighted by atomic mass is 9.33. The van der Waals surface area contributed by atoms with Crippen molar-refractivity contribution in [2.45, 2.75) is 218 Å². The molecule has 378 valence electrons. The second-order valence-electron chi connectivity index (χ2n) is 23.6.